The number of aliphatic hydroxyl groups is 1. The van der Waals surface area contributed by atoms with Crippen molar-refractivity contribution in [1.29, 1.82) is 0 Å². The summed E-state index contributed by atoms with van der Waals surface area (Å²) < 4.78 is 1.53. The van der Waals surface area contributed by atoms with Crippen molar-refractivity contribution in [2.45, 2.75) is 18.9 Å². The highest BCUT2D eigenvalue weighted by atomic mass is 16.3. The van der Waals surface area contributed by atoms with E-state index in [-0.39, 0.29) is 5.56 Å². The van der Waals surface area contributed by atoms with Gasteiger partial charge < -0.3 is 19.9 Å². The fourth-order valence-electron chi connectivity index (χ4n) is 3.26. The summed E-state index contributed by atoms with van der Waals surface area (Å²) in [6.45, 7) is 3.37. The Morgan fingerprint density at radius 1 is 1.28 bits per heavy atom. The van der Waals surface area contributed by atoms with Gasteiger partial charge in [-0.05, 0) is 37.4 Å². The maximum absolute atomic E-state index is 12.0. The second-order valence-corrected chi connectivity index (χ2v) is 6.74. The first kappa shape index (κ1) is 17.6. The van der Waals surface area contributed by atoms with Gasteiger partial charge in [-0.1, -0.05) is 30.3 Å². The number of likely N-dealkylation sites (tertiary alicyclic amines) is 1. The lowest BCUT2D eigenvalue weighted by Gasteiger charge is -2.33. The molecule has 1 aromatic carbocycles. The summed E-state index contributed by atoms with van der Waals surface area (Å²) in [7, 11) is 1.73. The number of hydrogen-bond acceptors (Lipinski definition) is 5. The number of rotatable bonds is 6. The molecule has 6 heteroatoms. The third kappa shape index (κ3) is 4.67. The summed E-state index contributed by atoms with van der Waals surface area (Å²) in [5.74, 6) is 0.948. The number of nitrogens with one attached hydrogen (secondary N) is 1. The highest BCUT2D eigenvalue weighted by molar-refractivity contribution is 5.30. The molecule has 0 spiro atoms. The lowest BCUT2D eigenvalue weighted by molar-refractivity contribution is 0.0909. The van der Waals surface area contributed by atoms with Crippen molar-refractivity contribution in [1.82, 2.24) is 14.5 Å². The Morgan fingerprint density at radius 3 is 2.72 bits per heavy atom. The van der Waals surface area contributed by atoms with Crippen LogP contribution in [0.4, 0.5) is 5.82 Å². The van der Waals surface area contributed by atoms with Gasteiger partial charge in [-0.2, -0.15) is 0 Å². The number of aryl methyl sites for hydroxylation is 1. The van der Waals surface area contributed by atoms with Crippen LogP contribution >= 0.6 is 0 Å². The number of β-amino-alcohol motifs (C(OH)–C–C–N with tert-alkyl or cyclic N) is 1. The van der Waals surface area contributed by atoms with Crippen LogP contribution in [0.1, 0.15) is 24.5 Å². The van der Waals surface area contributed by atoms with Crippen molar-refractivity contribution in [3.8, 4) is 0 Å². The fourth-order valence-corrected chi connectivity index (χ4v) is 3.26. The molecule has 1 aliphatic heterocycles. The molecule has 134 valence electrons. The molecule has 0 aliphatic carbocycles. The van der Waals surface area contributed by atoms with Crippen molar-refractivity contribution < 1.29 is 5.11 Å². The van der Waals surface area contributed by atoms with E-state index in [9.17, 15) is 9.90 Å². The maximum Gasteiger partial charge on any atom is 0.293 e. The predicted octanol–water partition coefficient (Wildman–Crippen LogP) is 1.64. The maximum atomic E-state index is 12.0. The molecule has 0 bridgehead atoms. The zero-order valence-electron chi connectivity index (χ0n) is 14.6. The third-order valence-electron chi connectivity index (χ3n) is 4.90. The number of benzene rings is 1. The molecule has 1 fully saturated rings. The number of hydrogen-bond donors (Lipinski definition) is 2. The first-order valence-corrected chi connectivity index (χ1v) is 8.84. The van der Waals surface area contributed by atoms with E-state index in [4.69, 9.17) is 0 Å². The molecule has 3 rings (SSSR count). The van der Waals surface area contributed by atoms with Crippen LogP contribution in [0, 0.1) is 5.92 Å². The second-order valence-electron chi connectivity index (χ2n) is 6.74. The smallest absolute Gasteiger partial charge is 0.293 e. The van der Waals surface area contributed by atoms with Gasteiger partial charge in [0, 0.05) is 32.5 Å². The second kappa shape index (κ2) is 8.27. The van der Waals surface area contributed by atoms with E-state index in [1.54, 1.807) is 19.4 Å². The van der Waals surface area contributed by atoms with Gasteiger partial charge in [0.2, 0.25) is 0 Å². The zero-order chi connectivity index (χ0) is 17.6. The summed E-state index contributed by atoms with van der Waals surface area (Å²) in [4.78, 5) is 18.4. The third-order valence-corrected chi connectivity index (χ3v) is 4.90. The van der Waals surface area contributed by atoms with Gasteiger partial charge in [-0.3, -0.25) is 4.79 Å². The van der Waals surface area contributed by atoms with Crippen LogP contribution < -0.4 is 10.9 Å². The van der Waals surface area contributed by atoms with Crippen molar-refractivity contribution >= 4 is 5.82 Å². The largest absolute Gasteiger partial charge is 0.387 e. The van der Waals surface area contributed by atoms with E-state index in [2.05, 4.69) is 15.2 Å². The molecule has 6 nitrogen and oxygen atoms in total. The van der Waals surface area contributed by atoms with Crippen molar-refractivity contribution in [3.05, 3.63) is 58.6 Å². The Kier molecular flexibility index (Phi) is 5.83. The molecule has 2 N–H and O–H groups in total. The Hall–Kier alpha value is -2.18. The quantitative estimate of drug-likeness (QED) is 0.835. The fraction of sp³-hybridized carbons (Fsp3) is 0.474. The summed E-state index contributed by atoms with van der Waals surface area (Å²) in [6.07, 6.45) is 4.97. The highest BCUT2D eigenvalue weighted by Crippen LogP contribution is 2.20. The standard InChI is InChI=1S/C19H26N4O2/c1-22-12-9-20-18(19(22)25)21-13-15-7-10-23(11-8-15)14-17(24)16-5-3-2-4-6-16/h2-6,9,12,15,17,24H,7-8,10-11,13-14H2,1H3,(H,20,21)/t17-/m0/s1. The number of anilines is 1. The molecular formula is C19H26N4O2. The van der Waals surface area contributed by atoms with Gasteiger partial charge in [0.05, 0.1) is 6.10 Å². The zero-order valence-corrected chi connectivity index (χ0v) is 14.6. The van der Waals surface area contributed by atoms with Crippen molar-refractivity contribution in [2.24, 2.45) is 13.0 Å². The molecule has 0 amide bonds. The molecule has 0 radical (unpaired) electrons. The van der Waals surface area contributed by atoms with Gasteiger partial charge in [0.1, 0.15) is 0 Å². The normalized spacial score (nSPS) is 17.4. The number of aromatic nitrogens is 2. The van der Waals surface area contributed by atoms with Gasteiger partial charge in [-0.15, -0.1) is 0 Å². The minimum absolute atomic E-state index is 0.0917. The number of nitrogens with zero attached hydrogens (tertiary/aromatic N) is 3. The molecule has 1 aliphatic rings. The SMILES string of the molecule is Cn1ccnc(NCC2CCN(C[C@H](O)c3ccccc3)CC2)c1=O. The van der Waals surface area contributed by atoms with Crippen LogP contribution in [0.25, 0.3) is 0 Å². The van der Waals surface area contributed by atoms with Gasteiger partial charge >= 0.3 is 0 Å². The highest BCUT2D eigenvalue weighted by Gasteiger charge is 2.21. The van der Waals surface area contributed by atoms with E-state index < -0.39 is 6.10 Å². The first-order valence-electron chi connectivity index (χ1n) is 8.84. The molecule has 1 atom stereocenters. The van der Waals surface area contributed by atoms with Crippen LogP contribution in [-0.2, 0) is 7.05 Å². The minimum atomic E-state index is -0.438. The molecule has 0 saturated carbocycles. The molecule has 25 heavy (non-hydrogen) atoms. The monoisotopic (exact) mass is 342 g/mol. The average Bonchev–Trinajstić information content (AvgIpc) is 2.65. The van der Waals surface area contributed by atoms with Gasteiger partial charge in [-0.25, -0.2) is 4.98 Å². The number of piperidine rings is 1. The van der Waals surface area contributed by atoms with E-state index in [0.29, 0.717) is 18.3 Å². The van der Waals surface area contributed by atoms with Crippen molar-refractivity contribution in [3.63, 3.8) is 0 Å². The van der Waals surface area contributed by atoms with Gasteiger partial charge in [0.15, 0.2) is 5.82 Å². The molecule has 0 unspecified atom stereocenters. The molecule has 2 heterocycles. The predicted molar refractivity (Wildman–Crippen MR) is 98.5 cm³/mol. The summed E-state index contributed by atoms with van der Waals surface area (Å²) in [5, 5.41) is 13.5. The molecule has 1 aromatic heterocycles. The topological polar surface area (TPSA) is 70.4 Å². The van der Waals surface area contributed by atoms with Gasteiger partial charge in [0.25, 0.3) is 5.56 Å². The lowest BCUT2D eigenvalue weighted by atomic mass is 9.96. The van der Waals surface area contributed by atoms with E-state index in [1.165, 1.54) is 4.57 Å². The summed E-state index contributed by atoms with van der Waals surface area (Å²) >= 11 is 0. The summed E-state index contributed by atoms with van der Waals surface area (Å²) in [5.41, 5.74) is 0.878. The van der Waals surface area contributed by atoms with E-state index >= 15 is 0 Å². The molecule has 1 saturated heterocycles. The van der Waals surface area contributed by atoms with Crippen LogP contribution in [0.15, 0.2) is 47.5 Å². The lowest BCUT2D eigenvalue weighted by Crippen LogP contribution is -2.38. The Bertz CT molecular complexity index is 724. The average molecular weight is 342 g/mol. The first-order chi connectivity index (χ1) is 12.1. The summed E-state index contributed by atoms with van der Waals surface area (Å²) in [6, 6.07) is 9.81. The van der Waals surface area contributed by atoms with Crippen LogP contribution in [0.2, 0.25) is 0 Å². The van der Waals surface area contributed by atoms with Crippen molar-refractivity contribution in [2.75, 3.05) is 31.5 Å². The number of aliphatic hydroxyl groups excluding tert-OH is 1. The van der Waals surface area contributed by atoms with E-state index in [0.717, 1.165) is 38.0 Å². The van der Waals surface area contributed by atoms with Crippen LogP contribution in [0.5, 0.6) is 0 Å². The molecular weight excluding hydrogens is 316 g/mol. The van der Waals surface area contributed by atoms with Crippen LogP contribution in [-0.4, -0.2) is 45.7 Å². The van der Waals surface area contributed by atoms with E-state index in [1.807, 2.05) is 30.3 Å². The molecule has 2 aromatic rings. The minimum Gasteiger partial charge on any atom is -0.387 e. The Labute approximate surface area is 148 Å². The Balaban J connectivity index is 1.44. The van der Waals surface area contributed by atoms with Crippen LogP contribution in [0.3, 0.4) is 0 Å². The Morgan fingerprint density at radius 2 is 2.00 bits per heavy atom.